The Hall–Kier alpha value is -2.83. The van der Waals surface area contributed by atoms with Crippen molar-refractivity contribution in [2.24, 2.45) is 0 Å². The van der Waals surface area contributed by atoms with Crippen LogP contribution in [0.2, 0.25) is 0 Å². The Morgan fingerprint density at radius 3 is 2.81 bits per heavy atom. The van der Waals surface area contributed by atoms with Crippen LogP contribution in [0.25, 0.3) is 0 Å². The number of amides is 1. The number of nitrogen functional groups attached to an aromatic ring is 1. The highest BCUT2D eigenvalue weighted by atomic mass is 16.6. The number of nitro benzene ring substituents is 1. The predicted octanol–water partition coefficient (Wildman–Crippen LogP) is 2.13. The number of benzene rings is 1. The Balaban J connectivity index is 2.03. The third-order valence-corrected chi connectivity index (χ3v) is 2.95. The second-order valence-electron chi connectivity index (χ2n) is 4.69. The van der Waals surface area contributed by atoms with Crippen molar-refractivity contribution in [3.8, 4) is 0 Å². The zero-order valence-electron chi connectivity index (χ0n) is 11.4. The first-order valence-corrected chi connectivity index (χ1v) is 6.34. The Labute approximate surface area is 120 Å². The molecule has 110 valence electrons. The van der Waals surface area contributed by atoms with Crippen molar-refractivity contribution < 1.29 is 14.1 Å². The number of nitrogens with two attached hydrogens (primary N) is 1. The molecule has 1 heterocycles. The number of anilines is 1. The van der Waals surface area contributed by atoms with Gasteiger partial charge in [-0.25, -0.2) is 0 Å². The van der Waals surface area contributed by atoms with Gasteiger partial charge in [-0.15, -0.1) is 0 Å². The van der Waals surface area contributed by atoms with Gasteiger partial charge in [-0.2, -0.15) is 0 Å². The highest BCUT2D eigenvalue weighted by Crippen LogP contribution is 2.22. The predicted molar refractivity (Wildman–Crippen MR) is 76.8 cm³/mol. The van der Waals surface area contributed by atoms with Crippen LogP contribution in [-0.4, -0.2) is 16.9 Å². The van der Waals surface area contributed by atoms with Gasteiger partial charge in [0.1, 0.15) is 11.4 Å². The van der Waals surface area contributed by atoms with Crippen molar-refractivity contribution in [2.45, 2.75) is 19.4 Å². The first-order chi connectivity index (χ1) is 9.97. The summed E-state index contributed by atoms with van der Waals surface area (Å²) in [5, 5.41) is 13.5. The standard InChI is InChI=1S/C14H15N3O4/c1-9(7-11-3-2-6-21-11)16-14(18)10-4-5-13(17(19)20)12(15)8-10/h2-6,8-9H,7,15H2,1H3,(H,16,18). The van der Waals surface area contributed by atoms with Crippen LogP contribution in [0, 0.1) is 10.1 Å². The van der Waals surface area contributed by atoms with E-state index in [-0.39, 0.29) is 28.9 Å². The van der Waals surface area contributed by atoms with Crippen molar-refractivity contribution in [3.63, 3.8) is 0 Å². The minimum atomic E-state index is -0.587. The van der Waals surface area contributed by atoms with E-state index in [0.29, 0.717) is 6.42 Å². The molecule has 0 aliphatic carbocycles. The van der Waals surface area contributed by atoms with Crippen LogP contribution in [-0.2, 0) is 6.42 Å². The normalized spacial score (nSPS) is 11.9. The first kappa shape index (κ1) is 14.6. The minimum Gasteiger partial charge on any atom is -0.469 e. The molecule has 0 spiro atoms. The zero-order valence-corrected chi connectivity index (χ0v) is 11.4. The molecule has 1 amide bonds. The molecule has 1 unspecified atom stereocenters. The van der Waals surface area contributed by atoms with Gasteiger partial charge in [-0.1, -0.05) is 0 Å². The molecule has 7 nitrogen and oxygen atoms in total. The molecule has 21 heavy (non-hydrogen) atoms. The molecule has 1 atom stereocenters. The van der Waals surface area contributed by atoms with E-state index < -0.39 is 4.92 Å². The van der Waals surface area contributed by atoms with E-state index in [0.717, 1.165) is 5.76 Å². The molecule has 0 bridgehead atoms. The lowest BCUT2D eigenvalue weighted by atomic mass is 10.1. The molecule has 7 heteroatoms. The molecule has 0 saturated carbocycles. The van der Waals surface area contributed by atoms with Crippen LogP contribution in [0.5, 0.6) is 0 Å². The quantitative estimate of drug-likeness (QED) is 0.497. The molecular weight excluding hydrogens is 274 g/mol. The third-order valence-electron chi connectivity index (χ3n) is 2.95. The summed E-state index contributed by atoms with van der Waals surface area (Å²) in [5.41, 5.74) is 5.60. The maximum Gasteiger partial charge on any atom is 0.292 e. The summed E-state index contributed by atoms with van der Waals surface area (Å²) in [6.45, 7) is 1.84. The van der Waals surface area contributed by atoms with Crippen LogP contribution in [0.1, 0.15) is 23.0 Å². The largest absolute Gasteiger partial charge is 0.469 e. The molecular formula is C14H15N3O4. The summed E-state index contributed by atoms with van der Waals surface area (Å²) in [7, 11) is 0. The lowest BCUT2D eigenvalue weighted by molar-refractivity contribution is -0.383. The lowest BCUT2D eigenvalue weighted by Crippen LogP contribution is -2.34. The molecule has 0 fully saturated rings. The van der Waals surface area contributed by atoms with Gasteiger partial charge in [0.05, 0.1) is 11.2 Å². The molecule has 0 aliphatic rings. The Morgan fingerprint density at radius 1 is 1.48 bits per heavy atom. The summed E-state index contributed by atoms with van der Waals surface area (Å²) in [5.74, 6) is 0.432. The van der Waals surface area contributed by atoms with Gasteiger partial charge in [0.25, 0.3) is 11.6 Å². The fraction of sp³-hybridized carbons (Fsp3) is 0.214. The van der Waals surface area contributed by atoms with E-state index in [1.165, 1.54) is 18.2 Å². The fourth-order valence-electron chi connectivity index (χ4n) is 1.95. The number of hydrogen-bond donors (Lipinski definition) is 2. The van der Waals surface area contributed by atoms with E-state index in [1.54, 1.807) is 12.3 Å². The molecule has 1 aromatic carbocycles. The molecule has 3 N–H and O–H groups in total. The van der Waals surface area contributed by atoms with Gasteiger partial charge >= 0.3 is 0 Å². The Bertz CT molecular complexity index is 652. The molecule has 0 saturated heterocycles. The van der Waals surface area contributed by atoms with E-state index in [1.807, 2.05) is 13.0 Å². The van der Waals surface area contributed by atoms with Crippen molar-refractivity contribution in [1.29, 1.82) is 0 Å². The van der Waals surface area contributed by atoms with E-state index in [9.17, 15) is 14.9 Å². The van der Waals surface area contributed by atoms with Gasteiger partial charge < -0.3 is 15.5 Å². The molecule has 1 aromatic heterocycles. The number of carbonyl (C=O) groups excluding carboxylic acids is 1. The monoisotopic (exact) mass is 289 g/mol. The van der Waals surface area contributed by atoms with Crippen LogP contribution in [0.3, 0.4) is 0 Å². The van der Waals surface area contributed by atoms with Crippen molar-refractivity contribution >= 4 is 17.3 Å². The Kier molecular flexibility index (Phi) is 4.22. The first-order valence-electron chi connectivity index (χ1n) is 6.34. The van der Waals surface area contributed by atoms with Crippen molar-refractivity contribution in [1.82, 2.24) is 5.32 Å². The van der Waals surface area contributed by atoms with Gasteiger partial charge in [0.2, 0.25) is 0 Å². The number of nitrogens with zero attached hydrogens (tertiary/aromatic N) is 1. The smallest absolute Gasteiger partial charge is 0.292 e. The lowest BCUT2D eigenvalue weighted by Gasteiger charge is -2.12. The summed E-state index contributed by atoms with van der Waals surface area (Å²) < 4.78 is 5.21. The number of nitro groups is 1. The second-order valence-corrected chi connectivity index (χ2v) is 4.69. The van der Waals surface area contributed by atoms with Gasteiger partial charge in [0, 0.05) is 24.1 Å². The molecule has 0 aliphatic heterocycles. The molecule has 0 radical (unpaired) electrons. The summed E-state index contributed by atoms with van der Waals surface area (Å²) in [4.78, 5) is 22.1. The minimum absolute atomic E-state index is 0.0358. The number of carbonyl (C=O) groups is 1. The number of furan rings is 1. The van der Waals surface area contributed by atoms with E-state index in [2.05, 4.69) is 5.32 Å². The SMILES string of the molecule is CC(Cc1ccco1)NC(=O)c1ccc([N+](=O)[O-])c(N)c1. The number of rotatable bonds is 5. The summed E-state index contributed by atoms with van der Waals surface area (Å²) >= 11 is 0. The highest BCUT2D eigenvalue weighted by molar-refractivity contribution is 5.95. The summed E-state index contributed by atoms with van der Waals surface area (Å²) in [6, 6.07) is 7.37. The van der Waals surface area contributed by atoms with Crippen molar-refractivity contribution in [2.75, 3.05) is 5.73 Å². The highest BCUT2D eigenvalue weighted by Gasteiger charge is 2.16. The van der Waals surface area contributed by atoms with Crippen LogP contribution < -0.4 is 11.1 Å². The van der Waals surface area contributed by atoms with E-state index in [4.69, 9.17) is 10.2 Å². The summed E-state index contributed by atoms with van der Waals surface area (Å²) in [6.07, 6.45) is 2.13. The van der Waals surface area contributed by atoms with Gasteiger partial charge in [-0.3, -0.25) is 14.9 Å². The second kappa shape index (κ2) is 6.08. The third kappa shape index (κ3) is 3.59. The topological polar surface area (TPSA) is 111 Å². The van der Waals surface area contributed by atoms with Crippen LogP contribution >= 0.6 is 0 Å². The number of hydrogen-bond acceptors (Lipinski definition) is 5. The average molecular weight is 289 g/mol. The maximum absolute atomic E-state index is 12.0. The van der Waals surface area contributed by atoms with E-state index >= 15 is 0 Å². The van der Waals surface area contributed by atoms with Gasteiger partial charge in [-0.05, 0) is 31.2 Å². The van der Waals surface area contributed by atoms with Crippen molar-refractivity contribution in [3.05, 3.63) is 58.0 Å². The zero-order chi connectivity index (χ0) is 15.4. The van der Waals surface area contributed by atoms with Crippen LogP contribution in [0.4, 0.5) is 11.4 Å². The van der Waals surface area contributed by atoms with Gasteiger partial charge in [0.15, 0.2) is 0 Å². The maximum atomic E-state index is 12.0. The number of nitrogens with one attached hydrogen (secondary N) is 1. The molecule has 2 rings (SSSR count). The fourth-order valence-corrected chi connectivity index (χ4v) is 1.95. The van der Waals surface area contributed by atoms with Crippen LogP contribution in [0.15, 0.2) is 41.0 Å². The average Bonchev–Trinajstić information content (AvgIpc) is 2.90. The Morgan fingerprint density at radius 2 is 2.24 bits per heavy atom. The molecule has 2 aromatic rings.